The summed E-state index contributed by atoms with van der Waals surface area (Å²) < 4.78 is 34.4. The van der Waals surface area contributed by atoms with Gasteiger partial charge in [-0.1, -0.05) is 19.9 Å². The summed E-state index contributed by atoms with van der Waals surface area (Å²) >= 11 is 0. The zero-order valence-corrected chi connectivity index (χ0v) is 21.2. The Hall–Kier alpha value is -4.14. The predicted octanol–water partition coefficient (Wildman–Crippen LogP) is 5.44. The van der Waals surface area contributed by atoms with E-state index in [-0.39, 0.29) is 35.0 Å². The number of pyridine rings is 1. The van der Waals surface area contributed by atoms with E-state index < -0.39 is 17.0 Å². The van der Waals surface area contributed by atoms with Crippen LogP contribution in [0.15, 0.2) is 55.0 Å². The van der Waals surface area contributed by atoms with Crippen molar-refractivity contribution >= 4 is 5.78 Å². The van der Waals surface area contributed by atoms with Gasteiger partial charge in [-0.2, -0.15) is 5.10 Å². The zero-order chi connectivity index (χ0) is 26.7. The molecule has 2 atom stereocenters. The number of ether oxygens (including phenoxy) is 1. The fraction of sp³-hybridized carbons (Fsp3) is 0.310. The molecule has 1 aromatic carbocycles. The SMILES string of the molecule is CC(=O)COc1ccc(-c2cncc([C@@]34CC[C@@H](c5cc(-c6c(F)cccc6F)nnc53)C4(C)C)n2)cn1. The number of hydrogen-bond donors (Lipinski definition) is 0. The highest BCUT2D eigenvalue weighted by Gasteiger charge is 2.65. The zero-order valence-electron chi connectivity index (χ0n) is 21.2. The molecule has 3 aromatic heterocycles. The molecule has 0 radical (unpaired) electrons. The van der Waals surface area contributed by atoms with Crippen molar-refractivity contribution in [2.75, 3.05) is 6.61 Å². The van der Waals surface area contributed by atoms with E-state index in [1.54, 1.807) is 30.7 Å². The summed E-state index contributed by atoms with van der Waals surface area (Å²) in [6.07, 6.45) is 6.79. The Morgan fingerprint density at radius 3 is 2.55 bits per heavy atom. The fourth-order valence-corrected chi connectivity index (χ4v) is 6.26. The van der Waals surface area contributed by atoms with Gasteiger partial charge in [-0.3, -0.25) is 9.78 Å². The van der Waals surface area contributed by atoms with Gasteiger partial charge in [0.2, 0.25) is 5.88 Å². The Morgan fingerprint density at radius 2 is 1.84 bits per heavy atom. The van der Waals surface area contributed by atoms with Crippen LogP contribution in [0.4, 0.5) is 8.78 Å². The maximum Gasteiger partial charge on any atom is 0.213 e. The maximum absolute atomic E-state index is 14.5. The molecule has 0 saturated heterocycles. The molecule has 1 saturated carbocycles. The topological polar surface area (TPSA) is 90.8 Å². The number of fused-ring (bicyclic) bond motifs is 5. The number of benzene rings is 1. The van der Waals surface area contributed by atoms with Gasteiger partial charge in [0.25, 0.3) is 0 Å². The quantitative estimate of drug-likeness (QED) is 0.339. The van der Waals surface area contributed by atoms with Crippen molar-refractivity contribution in [2.24, 2.45) is 5.41 Å². The van der Waals surface area contributed by atoms with Crippen molar-refractivity contribution in [1.29, 1.82) is 0 Å². The van der Waals surface area contributed by atoms with Gasteiger partial charge in [0.15, 0.2) is 5.78 Å². The third-order valence-electron chi connectivity index (χ3n) is 8.13. The minimum atomic E-state index is -0.665. The van der Waals surface area contributed by atoms with E-state index in [0.29, 0.717) is 11.6 Å². The first kappa shape index (κ1) is 24.2. The number of carbonyl (C=O) groups is 1. The second-order valence-electron chi connectivity index (χ2n) is 10.5. The lowest BCUT2D eigenvalue weighted by Gasteiger charge is -2.37. The molecular weight excluding hydrogens is 488 g/mol. The molecular formula is C29H25F2N5O2. The summed E-state index contributed by atoms with van der Waals surface area (Å²) in [4.78, 5) is 25.0. The Morgan fingerprint density at radius 1 is 1.05 bits per heavy atom. The molecule has 192 valence electrons. The van der Waals surface area contributed by atoms with E-state index in [1.165, 1.54) is 25.1 Å². The van der Waals surface area contributed by atoms with Crippen LogP contribution >= 0.6 is 0 Å². The van der Waals surface area contributed by atoms with Crippen LogP contribution in [0.5, 0.6) is 5.88 Å². The average Bonchev–Trinajstić information content (AvgIpc) is 3.28. The molecule has 6 rings (SSSR count). The molecule has 2 aliphatic carbocycles. The second kappa shape index (κ2) is 8.72. The summed E-state index contributed by atoms with van der Waals surface area (Å²) in [7, 11) is 0. The monoisotopic (exact) mass is 513 g/mol. The summed E-state index contributed by atoms with van der Waals surface area (Å²) in [6.45, 7) is 5.79. The predicted molar refractivity (Wildman–Crippen MR) is 135 cm³/mol. The number of halogens is 2. The Bertz CT molecular complexity index is 1550. The molecule has 4 aromatic rings. The van der Waals surface area contributed by atoms with E-state index in [2.05, 4.69) is 34.0 Å². The number of hydrogen-bond acceptors (Lipinski definition) is 7. The molecule has 38 heavy (non-hydrogen) atoms. The number of Topliss-reactive ketones (excluding diaryl/α,β-unsaturated/α-hetero) is 1. The van der Waals surface area contributed by atoms with Crippen molar-refractivity contribution in [3.8, 4) is 28.4 Å². The lowest BCUT2D eigenvalue weighted by Crippen LogP contribution is -2.38. The molecule has 2 bridgehead atoms. The van der Waals surface area contributed by atoms with Crippen LogP contribution in [0.25, 0.3) is 22.5 Å². The Balaban J connectivity index is 1.41. The summed E-state index contributed by atoms with van der Waals surface area (Å²) in [5.41, 5.74) is 3.13. The first-order chi connectivity index (χ1) is 18.2. The Kier molecular flexibility index (Phi) is 5.55. The lowest BCUT2D eigenvalue weighted by atomic mass is 9.66. The largest absolute Gasteiger partial charge is 0.470 e. The van der Waals surface area contributed by atoms with Gasteiger partial charge in [0.05, 0.1) is 40.0 Å². The van der Waals surface area contributed by atoms with Crippen LogP contribution in [0, 0.1) is 17.0 Å². The lowest BCUT2D eigenvalue weighted by molar-refractivity contribution is -0.119. The molecule has 9 heteroatoms. The molecule has 3 heterocycles. The van der Waals surface area contributed by atoms with Gasteiger partial charge >= 0.3 is 0 Å². The number of carbonyl (C=O) groups excluding carboxylic acids is 1. The van der Waals surface area contributed by atoms with Gasteiger partial charge in [-0.15, -0.1) is 5.10 Å². The highest BCUT2D eigenvalue weighted by Crippen LogP contribution is 2.69. The first-order valence-electron chi connectivity index (χ1n) is 12.5. The standard InChI is InChI=1S/C29H25F2N5O2/c1-16(37)15-38-25-8-7-17(12-33-25)23-13-32-14-24(34-23)29-10-9-19(28(29,2)3)18-11-22(35-36-27(18)29)26-20(30)5-4-6-21(26)31/h4-8,11-14,19H,9-10,15H2,1-3H3/t19-,29-/m0/s1. The van der Waals surface area contributed by atoms with Crippen LogP contribution in [0.3, 0.4) is 0 Å². The van der Waals surface area contributed by atoms with E-state index >= 15 is 0 Å². The smallest absolute Gasteiger partial charge is 0.213 e. The highest BCUT2D eigenvalue weighted by molar-refractivity contribution is 5.77. The van der Waals surface area contributed by atoms with Gasteiger partial charge in [0.1, 0.15) is 18.2 Å². The third-order valence-corrected chi connectivity index (χ3v) is 8.13. The van der Waals surface area contributed by atoms with Gasteiger partial charge in [-0.25, -0.2) is 18.7 Å². The van der Waals surface area contributed by atoms with E-state index in [4.69, 9.17) is 9.72 Å². The van der Waals surface area contributed by atoms with Crippen LogP contribution in [-0.4, -0.2) is 37.5 Å². The van der Waals surface area contributed by atoms with Crippen molar-refractivity contribution in [1.82, 2.24) is 25.1 Å². The maximum atomic E-state index is 14.5. The van der Waals surface area contributed by atoms with E-state index in [0.717, 1.165) is 35.4 Å². The van der Waals surface area contributed by atoms with Crippen LogP contribution in [0.2, 0.25) is 0 Å². The van der Waals surface area contributed by atoms with E-state index in [1.807, 2.05) is 6.07 Å². The average molecular weight is 514 g/mol. The molecule has 0 amide bonds. The van der Waals surface area contributed by atoms with Crippen molar-refractivity contribution < 1.29 is 18.3 Å². The molecule has 0 aliphatic heterocycles. The summed E-state index contributed by atoms with van der Waals surface area (Å²) in [5, 5.41) is 8.88. The molecule has 0 N–H and O–H groups in total. The molecule has 1 fully saturated rings. The summed E-state index contributed by atoms with van der Waals surface area (Å²) in [6, 6.07) is 9.10. The van der Waals surface area contributed by atoms with Gasteiger partial charge < -0.3 is 4.74 Å². The Labute approximate surface area is 218 Å². The normalized spacial score (nSPS) is 20.8. The first-order valence-corrected chi connectivity index (χ1v) is 12.5. The number of rotatable bonds is 6. The molecule has 0 spiro atoms. The molecule has 0 unspecified atom stereocenters. The third kappa shape index (κ3) is 3.52. The van der Waals surface area contributed by atoms with E-state index in [9.17, 15) is 13.6 Å². The minimum Gasteiger partial charge on any atom is -0.470 e. The fourth-order valence-electron chi connectivity index (χ4n) is 6.26. The van der Waals surface area contributed by atoms with Crippen molar-refractivity contribution in [3.05, 3.63) is 83.6 Å². The summed E-state index contributed by atoms with van der Waals surface area (Å²) in [5.74, 6) is -0.931. The van der Waals surface area contributed by atoms with Crippen LogP contribution in [-0.2, 0) is 10.2 Å². The molecule has 2 aliphatic rings. The van der Waals surface area contributed by atoms with Crippen molar-refractivity contribution in [2.45, 2.75) is 44.9 Å². The second-order valence-corrected chi connectivity index (χ2v) is 10.5. The van der Waals surface area contributed by atoms with Gasteiger partial charge in [-0.05, 0) is 60.9 Å². The number of nitrogens with zero attached hydrogens (tertiary/aromatic N) is 5. The van der Waals surface area contributed by atoms with Gasteiger partial charge in [0, 0.05) is 24.0 Å². The van der Waals surface area contributed by atoms with Crippen LogP contribution < -0.4 is 4.74 Å². The minimum absolute atomic E-state index is 0.0356. The number of ketones is 1. The number of aromatic nitrogens is 5. The van der Waals surface area contributed by atoms with Crippen LogP contribution in [0.1, 0.15) is 56.5 Å². The highest BCUT2D eigenvalue weighted by atomic mass is 19.1. The van der Waals surface area contributed by atoms with Crippen molar-refractivity contribution in [3.63, 3.8) is 0 Å². The molecule has 7 nitrogen and oxygen atoms in total.